The van der Waals surface area contributed by atoms with E-state index in [1.54, 1.807) is 0 Å². The van der Waals surface area contributed by atoms with Crippen molar-refractivity contribution in [3.05, 3.63) is 11.8 Å². The number of aliphatic hydroxyl groups is 2. The maximum atomic E-state index is 10.2. The summed E-state index contributed by atoms with van der Waals surface area (Å²) in [4.78, 5) is 0. The van der Waals surface area contributed by atoms with Gasteiger partial charge in [0.05, 0.1) is 12.2 Å². The summed E-state index contributed by atoms with van der Waals surface area (Å²) in [6, 6.07) is 0. The Bertz CT molecular complexity index is 229. The highest BCUT2D eigenvalue weighted by molar-refractivity contribution is 5.11. The average Bonchev–Trinajstić information content (AvgIpc) is 2.70. The predicted molar refractivity (Wildman–Crippen MR) is 52.7 cm³/mol. The predicted octanol–water partition coefficient (Wildman–Crippen LogP) is 1.35. The molecule has 0 aromatic heterocycles. The monoisotopic (exact) mass is 198 g/mol. The molecule has 0 bridgehead atoms. The number of hydrogen-bond donors (Lipinski definition) is 2. The van der Waals surface area contributed by atoms with Crippen LogP contribution in [0.15, 0.2) is 11.8 Å². The smallest absolute Gasteiger partial charge is 0.139 e. The Morgan fingerprint density at radius 2 is 2.00 bits per heavy atom. The van der Waals surface area contributed by atoms with Crippen LogP contribution in [0.4, 0.5) is 0 Å². The third-order valence-electron chi connectivity index (χ3n) is 3.23. The van der Waals surface area contributed by atoms with Crippen molar-refractivity contribution in [1.82, 2.24) is 0 Å². The van der Waals surface area contributed by atoms with E-state index in [1.165, 1.54) is 0 Å². The lowest BCUT2D eigenvalue weighted by molar-refractivity contribution is -0.0968. The molecule has 0 radical (unpaired) electrons. The van der Waals surface area contributed by atoms with E-state index in [-0.39, 0.29) is 0 Å². The molecule has 2 rings (SSSR count). The highest BCUT2D eigenvalue weighted by Crippen LogP contribution is 2.34. The third kappa shape index (κ3) is 1.79. The normalized spacial score (nSPS) is 28.0. The van der Waals surface area contributed by atoms with Crippen LogP contribution in [0.3, 0.4) is 0 Å². The molecule has 0 aromatic rings. The first kappa shape index (κ1) is 9.99. The Morgan fingerprint density at radius 3 is 2.57 bits per heavy atom. The maximum Gasteiger partial charge on any atom is 0.139 e. The molecule has 1 aliphatic carbocycles. The van der Waals surface area contributed by atoms with Gasteiger partial charge < -0.3 is 14.9 Å². The Labute approximate surface area is 84.4 Å². The Morgan fingerprint density at radius 1 is 1.29 bits per heavy atom. The van der Waals surface area contributed by atoms with Gasteiger partial charge in [-0.25, -0.2) is 0 Å². The highest BCUT2D eigenvalue weighted by Gasteiger charge is 2.40. The zero-order valence-electron chi connectivity index (χ0n) is 8.41. The van der Waals surface area contributed by atoms with E-state index in [4.69, 9.17) is 4.74 Å². The van der Waals surface area contributed by atoms with Crippen molar-refractivity contribution in [2.24, 2.45) is 0 Å². The second-order valence-electron chi connectivity index (χ2n) is 4.31. The summed E-state index contributed by atoms with van der Waals surface area (Å²) in [5.74, 6) is 0.578. The van der Waals surface area contributed by atoms with Crippen molar-refractivity contribution in [3.8, 4) is 0 Å². The van der Waals surface area contributed by atoms with Crippen LogP contribution in [0.5, 0.6) is 0 Å². The molecule has 1 saturated carbocycles. The lowest BCUT2D eigenvalue weighted by Gasteiger charge is -2.36. The van der Waals surface area contributed by atoms with Gasteiger partial charge in [-0.3, -0.25) is 0 Å². The van der Waals surface area contributed by atoms with E-state index in [2.05, 4.69) is 0 Å². The van der Waals surface area contributed by atoms with Crippen molar-refractivity contribution in [2.75, 3.05) is 6.61 Å². The summed E-state index contributed by atoms with van der Waals surface area (Å²) in [6.07, 6.45) is 6.46. The summed E-state index contributed by atoms with van der Waals surface area (Å²) in [6.45, 7) is 0.641. The second kappa shape index (κ2) is 3.91. The topological polar surface area (TPSA) is 49.7 Å². The van der Waals surface area contributed by atoms with Gasteiger partial charge in [-0.1, -0.05) is 19.3 Å². The fourth-order valence-electron chi connectivity index (χ4n) is 2.33. The molecular formula is C11H18O3. The average molecular weight is 198 g/mol. The van der Waals surface area contributed by atoms with Crippen LogP contribution in [0.2, 0.25) is 0 Å². The van der Waals surface area contributed by atoms with Crippen molar-refractivity contribution in [3.63, 3.8) is 0 Å². The summed E-state index contributed by atoms with van der Waals surface area (Å²) in [7, 11) is 0. The SMILES string of the molecule is OC(C1=CCCO1)C1(O)CCCCC1. The number of aliphatic hydroxyl groups excluding tert-OH is 1. The summed E-state index contributed by atoms with van der Waals surface area (Å²) in [5, 5.41) is 20.2. The van der Waals surface area contributed by atoms with E-state index >= 15 is 0 Å². The van der Waals surface area contributed by atoms with E-state index in [0.29, 0.717) is 25.2 Å². The van der Waals surface area contributed by atoms with Crippen molar-refractivity contribution >= 4 is 0 Å². The first-order valence-electron chi connectivity index (χ1n) is 5.46. The molecule has 3 heteroatoms. The van der Waals surface area contributed by atoms with Gasteiger partial charge in [0.25, 0.3) is 0 Å². The van der Waals surface area contributed by atoms with E-state index < -0.39 is 11.7 Å². The molecule has 2 N–H and O–H groups in total. The third-order valence-corrected chi connectivity index (χ3v) is 3.23. The van der Waals surface area contributed by atoms with Crippen LogP contribution in [0, 0.1) is 0 Å². The maximum absolute atomic E-state index is 10.2. The molecular weight excluding hydrogens is 180 g/mol. The molecule has 0 saturated heterocycles. The van der Waals surface area contributed by atoms with Crippen LogP contribution in [0.1, 0.15) is 38.5 Å². The Hall–Kier alpha value is -0.540. The molecule has 2 aliphatic rings. The largest absolute Gasteiger partial charge is 0.495 e. The zero-order chi connectivity index (χ0) is 10.0. The fraction of sp³-hybridized carbons (Fsp3) is 0.818. The molecule has 1 heterocycles. The first-order valence-corrected chi connectivity index (χ1v) is 5.46. The molecule has 14 heavy (non-hydrogen) atoms. The van der Waals surface area contributed by atoms with Crippen LogP contribution in [0.25, 0.3) is 0 Å². The van der Waals surface area contributed by atoms with Crippen LogP contribution in [-0.2, 0) is 4.74 Å². The van der Waals surface area contributed by atoms with Gasteiger partial charge in [-0.2, -0.15) is 0 Å². The first-order chi connectivity index (χ1) is 6.72. The molecule has 1 atom stereocenters. The molecule has 3 nitrogen and oxygen atoms in total. The van der Waals surface area contributed by atoms with E-state index in [1.807, 2.05) is 6.08 Å². The fourth-order valence-corrected chi connectivity index (χ4v) is 2.33. The standard InChI is InChI=1S/C11H18O3/c12-10(9-5-4-8-14-9)11(13)6-2-1-3-7-11/h5,10,12-13H,1-4,6-8H2. The van der Waals surface area contributed by atoms with Gasteiger partial charge >= 0.3 is 0 Å². The van der Waals surface area contributed by atoms with Gasteiger partial charge in [0.1, 0.15) is 11.9 Å². The molecule has 1 aliphatic heterocycles. The zero-order valence-corrected chi connectivity index (χ0v) is 8.41. The Kier molecular flexibility index (Phi) is 2.79. The van der Waals surface area contributed by atoms with Gasteiger partial charge in [0.15, 0.2) is 0 Å². The number of rotatable bonds is 2. The summed E-state index contributed by atoms with van der Waals surface area (Å²) < 4.78 is 5.28. The molecule has 0 spiro atoms. The Balaban J connectivity index is 2.04. The van der Waals surface area contributed by atoms with E-state index in [9.17, 15) is 10.2 Å². The van der Waals surface area contributed by atoms with E-state index in [0.717, 1.165) is 25.7 Å². The summed E-state index contributed by atoms with van der Waals surface area (Å²) in [5.41, 5.74) is -0.936. The van der Waals surface area contributed by atoms with Crippen LogP contribution < -0.4 is 0 Å². The second-order valence-corrected chi connectivity index (χ2v) is 4.31. The van der Waals surface area contributed by atoms with Gasteiger partial charge in [-0.15, -0.1) is 0 Å². The van der Waals surface area contributed by atoms with Gasteiger partial charge in [0, 0.05) is 6.42 Å². The molecule has 0 amide bonds. The molecule has 1 fully saturated rings. The molecule has 80 valence electrons. The lowest BCUT2D eigenvalue weighted by Crippen LogP contribution is -2.45. The molecule has 1 unspecified atom stereocenters. The highest BCUT2D eigenvalue weighted by atomic mass is 16.5. The molecule has 0 aromatic carbocycles. The minimum atomic E-state index is -0.936. The van der Waals surface area contributed by atoms with Crippen molar-refractivity contribution in [1.29, 1.82) is 0 Å². The van der Waals surface area contributed by atoms with Gasteiger partial charge in [0.2, 0.25) is 0 Å². The minimum Gasteiger partial charge on any atom is -0.495 e. The van der Waals surface area contributed by atoms with Crippen LogP contribution >= 0.6 is 0 Å². The number of ether oxygens (including phenoxy) is 1. The van der Waals surface area contributed by atoms with Gasteiger partial charge in [-0.05, 0) is 18.9 Å². The lowest BCUT2D eigenvalue weighted by atomic mass is 9.80. The van der Waals surface area contributed by atoms with Crippen molar-refractivity contribution < 1.29 is 14.9 Å². The van der Waals surface area contributed by atoms with Crippen molar-refractivity contribution in [2.45, 2.75) is 50.2 Å². The number of hydrogen-bond acceptors (Lipinski definition) is 3. The quantitative estimate of drug-likeness (QED) is 0.704. The van der Waals surface area contributed by atoms with Crippen LogP contribution in [-0.4, -0.2) is 28.5 Å². The summed E-state index contributed by atoms with van der Waals surface area (Å²) >= 11 is 0. The minimum absolute atomic E-state index is 0.578.